The van der Waals surface area contributed by atoms with Gasteiger partial charge in [0.05, 0.1) is 4.92 Å². The molecule has 1 aliphatic rings. The number of carboxylic acid groups (broad SMARTS) is 1. The average Bonchev–Trinajstić information content (AvgIpc) is 2.74. The van der Waals surface area contributed by atoms with Gasteiger partial charge in [-0.15, -0.1) is 0 Å². The van der Waals surface area contributed by atoms with Crippen molar-refractivity contribution in [3.63, 3.8) is 0 Å². The fraction of sp³-hybridized carbons (Fsp3) is 0.533. The molecule has 1 N–H and O–H groups in total. The fourth-order valence-corrected chi connectivity index (χ4v) is 2.93. The van der Waals surface area contributed by atoms with E-state index in [9.17, 15) is 14.9 Å². The van der Waals surface area contributed by atoms with Gasteiger partial charge in [-0.3, -0.25) is 10.1 Å². The number of hydrogen-bond acceptors (Lipinski definition) is 4. The van der Waals surface area contributed by atoms with E-state index < -0.39 is 10.9 Å². The van der Waals surface area contributed by atoms with Crippen LogP contribution in [0.15, 0.2) is 18.2 Å². The molecular formula is C15H20N2O4. The molecule has 0 aromatic heterocycles. The number of carboxylic acids is 1. The summed E-state index contributed by atoms with van der Waals surface area (Å²) in [6, 6.07) is 4.70. The van der Waals surface area contributed by atoms with Crippen LogP contribution in [0.3, 0.4) is 0 Å². The summed E-state index contributed by atoms with van der Waals surface area (Å²) in [5.74, 6) is -1.27. The molecular weight excluding hydrogens is 272 g/mol. The minimum absolute atomic E-state index is 0.252. The molecule has 0 amide bonds. The number of anilines is 1. The maximum Gasteiger partial charge on any atom is 0.342 e. The molecule has 0 radical (unpaired) electrons. The van der Waals surface area contributed by atoms with Crippen LogP contribution < -0.4 is 4.90 Å². The van der Waals surface area contributed by atoms with Crippen LogP contribution in [0.5, 0.6) is 0 Å². The predicted molar refractivity (Wildman–Crippen MR) is 79.9 cm³/mol. The van der Waals surface area contributed by atoms with E-state index in [1.807, 2.05) is 7.05 Å². The molecule has 0 atom stereocenters. The number of hydrogen-bond donors (Lipinski definition) is 1. The highest BCUT2D eigenvalue weighted by molar-refractivity contribution is 5.93. The van der Waals surface area contributed by atoms with Crippen molar-refractivity contribution in [3.05, 3.63) is 33.9 Å². The van der Waals surface area contributed by atoms with Crippen LogP contribution in [-0.2, 0) is 0 Å². The minimum atomic E-state index is -1.27. The van der Waals surface area contributed by atoms with Crippen molar-refractivity contribution in [3.8, 4) is 0 Å². The summed E-state index contributed by atoms with van der Waals surface area (Å²) < 4.78 is 0. The summed E-state index contributed by atoms with van der Waals surface area (Å²) in [7, 11) is 1.93. The van der Waals surface area contributed by atoms with Crippen molar-refractivity contribution >= 4 is 17.3 Å². The average molecular weight is 292 g/mol. The van der Waals surface area contributed by atoms with E-state index in [1.165, 1.54) is 37.8 Å². The lowest BCUT2D eigenvalue weighted by atomic mass is 10.1. The first-order chi connectivity index (χ1) is 10.0. The predicted octanol–water partition coefficient (Wildman–Crippen LogP) is 3.45. The van der Waals surface area contributed by atoms with Crippen LogP contribution >= 0.6 is 0 Å². The highest BCUT2D eigenvalue weighted by atomic mass is 16.6. The molecule has 0 spiro atoms. The summed E-state index contributed by atoms with van der Waals surface area (Å²) in [4.78, 5) is 23.5. The molecule has 0 unspecified atom stereocenters. The Balaban J connectivity index is 2.28. The summed E-state index contributed by atoms with van der Waals surface area (Å²) in [5.41, 5.74) is 0.114. The molecule has 1 aromatic rings. The number of nitro benzene ring substituents is 1. The van der Waals surface area contributed by atoms with Gasteiger partial charge in [0.25, 0.3) is 5.69 Å². The maximum absolute atomic E-state index is 11.2. The van der Waals surface area contributed by atoms with Gasteiger partial charge in [0, 0.05) is 24.8 Å². The van der Waals surface area contributed by atoms with Gasteiger partial charge < -0.3 is 10.0 Å². The van der Waals surface area contributed by atoms with Crippen LogP contribution in [-0.4, -0.2) is 29.1 Å². The van der Waals surface area contributed by atoms with Crippen molar-refractivity contribution in [2.45, 2.75) is 44.6 Å². The zero-order valence-electron chi connectivity index (χ0n) is 12.1. The second-order valence-corrected chi connectivity index (χ2v) is 5.52. The number of carbonyl (C=O) groups is 1. The molecule has 0 bridgehead atoms. The molecule has 0 aliphatic heterocycles. The lowest BCUT2D eigenvalue weighted by Gasteiger charge is -2.29. The van der Waals surface area contributed by atoms with Crippen LogP contribution in [0.4, 0.5) is 11.4 Å². The van der Waals surface area contributed by atoms with Gasteiger partial charge in [-0.2, -0.15) is 0 Å². The van der Waals surface area contributed by atoms with Gasteiger partial charge in [0.1, 0.15) is 5.56 Å². The van der Waals surface area contributed by atoms with Crippen molar-refractivity contribution in [2.24, 2.45) is 0 Å². The molecule has 21 heavy (non-hydrogen) atoms. The van der Waals surface area contributed by atoms with E-state index in [1.54, 1.807) is 6.07 Å². The smallest absolute Gasteiger partial charge is 0.342 e. The monoisotopic (exact) mass is 292 g/mol. The lowest BCUT2D eigenvalue weighted by Crippen LogP contribution is -2.31. The number of aromatic carboxylic acids is 1. The van der Waals surface area contributed by atoms with Gasteiger partial charge in [0.2, 0.25) is 0 Å². The molecule has 1 fully saturated rings. The standard InChI is InChI=1S/C15H20N2O4/c1-16(11-6-4-2-3-5-7-11)12-8-9-14(17(20)21)13(10-12)15(18)19/h8-11H,2-7H2,1H3,(H,18,19). The third kappa shape index (κ3) is 3.51. The van der Waals surface area contributed by atoms with E-state index in [0.717, 1.165) is 18.5 Å². The van der Waals surface area contributed by atoms with E-state index in [0.29, 0.717) is 6.04 Å². The van der Waals surface area contributed by atoms with Gasteiger partial charge in [-0.1, -0.05) is 25.7 Å². The first-order valence-electron chi connectivity index (χ1n) is 7.25. The van der Waals surface area contributed by atoms with Gasteiger partial charge in [-0.25, -0.2) is 4.79 Å². The first kappa shape index (κ1) is 15.3. The van der Waals surface area contributed by atoms with Gasteiger partial charge in [0.15, 0.2) is 0 Å². The van der Waals surface area contributed by atoms with Crippen molar-refractivity contribution < 1.29 is 14.8 Å². The molecule has 0 saturated heterocycles. The van der Waals surface area contributed by atoms with Crippen molar-refractivity contribution in [1.82, 2.24) is 0 Å². The Morgan fingerprint density at radius 2 is 1.90 bits per heavy atom. The summed E-state index contributed by atoms with van der Waals surface area (Å²) >= 11 is 0. The quantitative estimate of drug-likeness (QED) is 0.522. The number of rotatable bonds is 4. The Hall–Kier alpha value is -2.11. The van der Waals surface area contributed by atoms with Crippen LogP contribution in [0.2, 0.25) is 0 Å². The second-order valence-electron chi connectivity index (χ2n) is 5.52. The van der Waals surface area contributed by atoms with Crippen molar-refractivity contribution in [1.29, 1.82) is 0 Å². The highest BCUT2D eigenvalue weighted by Gasteiger charge is 2.23. The SMILES string of the molecule is CN(c1ccc([N+](=O)[O-])c(C(=O)O)c1)C1CCCCCC1. The fourth-order valence-electron chi connectivity index (χ4n) is 2.93. The van der Waals surface area contributed by atoms with E-state index in [2.05, 4.69) is 4.90 Å². The zero-order valence-corrected chi connectivity index (χ0v) is 12.1. The number of nitrogens with zero attached hydrogens (tertiary/aromatic N) is 2. The molecule has 2 rings (SSSR count). The molecule has 6 nitrogen and oxygen atoms in total. The Kier molecular flexibility index (Phi) is 4.77. The molecule has 1 saturated carbocycles. The Bertz CT molecular complexity index is 536. The molecule has 0 heterocycles. The summed E-state index contributed by atoms with van der Waals surface area (Å²) in [6.45, 7) is 0. The number of nitro groups is 1. The van der Waals surface area contributed by atoms with Crippen LogP contribution in [0.1, 0.15) is 48.9 Å². The highest BCUT2D eigenvalue weighted by Crippen LogP contribution is 2.29. The summed E-state index contributed by atoms with van der Waals surface area (Å²) in [5, 5.41) is 20.0. The molecule has 1 aliphatic carbocycles. The van der Waals surface area contributed by atoms with Gasteiger partial charge in [-0.05, 0) is 25.0 Å². The largest absolute Gasteiger partial charge is 0.477 e. The molecule has 1 aromatic carbocycles. The van der Waals surface area contributed by atoms with E-state index in [4.69, 9.17) is 5.11 Å². The van der Waals surface area contributed by atoms with Crippen LogP contribution in [0, 0.1) is 10.1 Å². The summed E-state index contributed by atoms with van der Waals surface area (Å²) in [6.07, 6.45) is 6.99. The van der Waals surface area contributed by atoms with E-state index >= 15 is 0 Å². The Labute approximate surface area is 123 Å². The molecule has 6 heteroatoms. The second kappa shape index (κ2) is 6.56. The Morgan fingerprint density at radius 3 is 2.43 bits per heavy atom. The van der Waals surface area contributed by atoms with Gasteiger partial charge >= 0.3 is 5.97 Å². The third-order valence-corrected chi connectivity index (χ3v) is 4.19. The number of benzene rings is 1. The zero-order chi connectivity index (χ0) is 15.4. The maximum atomic E-state index is 11.2. The minimum Gasteiger partial charge on any atom is -0.477 e. The normalized spacial score (nSPS) is 16.2. The van der Waals surface area contributed by atoms with Crippen LogP contribution in [0.25, 0.3) is 0 Å². The first-order valence-corrected chi connectivity index (χ1v) is 7.25. The topological polar surface area (TPSA) is 83.7 Å². The third-order valence-electron chi connectivity index (χ3n) is 4.19. The Morgan fingerprint density at radius 1 is 1.29 bits per heavy atom. The van der Waals surface area contributed by atoms with Crippen molar-refractivity contribution in [2.75, 3.05) is 11.9 Å². The van der Waals surface area contributed by atoms with E-state index in [-0.39, 0.29) is 11.3 Å². The lowest BCUT2D eigenvalue weighted by molar-refractivity contribution is -0.385. The molecule has 114 valence electrons.